The molecule has 0 aliphatic carbocycles. The number of aliphatic hydroxyl groups excluding tert-OH is 1. The molecule has 0 fully saturated rings. The van der Waals surface area contributed by atoms with Gasteiger partial charge in [0.2, 0.25) is 0 Å². The van der Waals surface area contributed by atoms with Crippen molar-refractivity contribution in [3.8, 4) is 0 Å². The Labute approximate surface area is 128 Å². The average Bonchev–Trinajstić information content (AvgIpc) is 2.82. The molecule has 0 amide bonds. The molecule has 0 spiro atoms. The van der Waals surface area contributed by atoms with Gasteiger partial charge >= 0.3 is 12.1 Å². The number of rotatable bonds is 2. The van der Waals surface area contributed by atoms with E-state index < -0.39 is 17.7 Å². The lowest BCUT2D eigenvalue weighted by atomic mass is 10.1. The van der Waals surface area contributed by atoms with Gasteiger partial charge in [-0.1, -0.05) is 6.07 Å². The van der Waals surface area contributed by atoms with Gasteiger partial charge in [-0.2, -0.15) is 0 Å². The number of carbonyl (C=O) groups is 2. The number of hydrogen-bond donors (Lipinski definition) is 1. The minimum absolute atomic E-state index is 0.218. The maximum atomic E-state index is 12.3. The molecule has 0 aliphatic rings. The number of carbonyl (C=O) groups excluding carboxylic acids is 2. The van der Waals surface area contributed by atoms with Gasteiger partial charge in [-0.3, -0.25) is 4.57 Å². The monoisotopic (exact) mass is 305 g/mol. The van der Waals surface area contributed by atoms with E-state index in [0.717, 1.165) is 0 Å². The number of benzene rings is 1. The van der Waals surface area contributed by atoms with Gasteiger partial charge in [-0.15, -0.1) is 0 Å². The summed E-state index contributed by atoms with van der Waals surface area (Å²) >= 11 is 0. The average molecular weight is 305 g/mol. The van der Waals surface area contributed by atoms with E-state index in [1.807, 2.05) is 0 Å². The Morgan fingerprint density at radius 2 is 1.95 bits per heavy atom. The third-order valence-corrected chi connectivity index (χ3v) is 3.07. The molecule has 0 saturated heterocycles. The molecule has 0 radical (unpaired) electrons. The van der Waals surface area contributed by atoms with Gasteiger partial charge in [0.1, 0.15) is 5.60 Å². The third kappa shape index (κ3) is 3.12. The normalized spacial score (nSPS) is 11.5. The third-order valence-electron chi connectivity index (χ3n) is 3.07. The maximum Gasteiger partial charge on any atom is 0.419 e. The van der Waals surface area contributed by atoms with Crippen molar-refractivity contribution in [3.63, 3.8) is 0 Å². The first-order valence-corrected chi connectivity index (χ1v) is 6.83. The van der Waals surface area contributed by atoms with Gasteiger partial charge in [-0.05, 0) is 32.9 Å². The van der Waals surface area contributed by atoms with Crippen LogP contribution in [0, 0.1) is 0 Å². The van der Waals surface area contributed by atoms with E-state index >= 15 is 0 Å². The number of hydrogen-bond acceptors (Lipinski definition) is 5. The van der Waals surface area contributed by atoms with Crippen molar-refractivity contribution in [2.24, 2.45) is 0 Å². The van der Waals surface area contributed by atoms with Crippen molar-refractivity contribution in [2.45, 2.75) is 33.0 Å². The Morgan fingerprint density at radius 3 is 2.50 bits per heavy atom. The van der Waals surface area contributed by atoms with E-state index in [-0.39, 0.29) is 6.61 Å². The van der Waals surface area contributed by atoms with Crippen molar-refractivity contribution in [3.05, 3.63) is 35.5 Å². The van der Waals surface area contributed by atoms with Crippen molar-refractivity contribution >= 4 is 23.0 Å². The summed E-state index contributed by atoms with van der Waals surface area (Å²) in [7, 11) is 1.29. The molecule has 0 saturated carbocycles. The zero-order chi connectivity index (χ0) is 16.5. The lowest BCUT2D eigenvalue weighted by Gasteiger charge is -2.19. The van der Waals surface area contributed by atoms with E-state index in [9.17, 15) is 14.7 Å². The molecule has 1 heterocycles. The molecule has 1 aromatic heterocycles. The Hall–Kier alpha value is -2.34. The minimum atomic E-state index is -0.646. The Kier molecular flexibility index (Phi) is 4.23. The van der Waals surface area contributed by atoms with Crippen LogP contribution in [-0.4, -0.2) is 34.4 Å². The first-order valence-electron chi connectivity index (χ1n) is 6.83. The summed E-state index contributed by atoms with van der Waals surface area (Å²) in [5.41, 5.74) is 0.744. The molecule has 1 N–H and O–H groups in total. The van der Waals surface area contributed by atoms with Crippen LogP contribution in [0.2, 0.25) is 0 Å². The van der Waals surface area contributed by atoms with Crippen LogP contribution in [0.5, 0.6) is 0 Å². The predicted molar refractivity (Wildman–Crippen MR) is 80.8 cm³/mol. The zero-order valence-corrected chi connectivity index (χ0v) is 13.0. The lowest BCUT2D eigenvalue weighted by Crippen LogP contribution is -2.26. The van der Waals surface area contributed by atoms with Gasteiger partial charge in [0.15, 0.2) is 0 Å². The summed E-state index contributed by atoms with van der Waals surface area (Å²) in [5, 5.41) is 10.1. The minimum Gasteiger partial charge on any atom is -0.465 e. The topological polar surface area (TPSA) is 77.8 Å². The van der Waals surface area contributed by atoms with E-state index in [4.69, 9.17) is 4.74 Å². The SMILES string of the molecule is COC(=O)c1ccc2c(CO)cn(C(=O)OC(C)(C)C)c2c1. The van der Waals surface area contributed by atoms with Crippen LogP contribution in [-0.2, 0) is 16.1 Å². The number of esters is 1. The molecule has 0 unspecified atom stereocenters. The smallest absolute Gasteiger partial charge is 0.419 e. The van der Waals surface area contributed by atoms with E-state index in [1.165, 1.54) is 17.9 Å². The predicted octanol–water partition coefficient (Wildman–Crippen LogP) is 2.70. The summed E-state index contributed by atoms with van der Waals surface area (Å²) in [6.45, 7) is 5.08. The fourth-order valence-corrected chi connectivity index (χ4v) is 2.13. The van der Waals surface area contributed by atoms with E-state index in [0.29, 0.717) is 22.0 Å². The summed E-state index contributed by atoms with van der Waals surface area (Å²) in [6.07, 6.45) is 0.944. The molecule has 22 heavy (non-hydrogen) atoms. The number of fused-ring (bicyclic) bond motifs is 1. The van der Waals surface area contributed by atoms with Crippen LogP contribution in [0.25, 0.3) is 10.9 Å². The second kappa shape index (κ2) is 5.81. The second-order valence-electron chi connectivity index (χ2n) is 5.89. The van der Waals surface area contributed by atoms with Gasteiger partial charge in [-0.25, -0.2) is 9.59 Å². The molecule has 0 aliphatic heterocycles. The van der Waals surface area contributed by atoms with Crippen LogP contribution < -0.4 is 0 Å². The highest BCUT2D eigenvalue weighted by Gasteiger charge is 2.21. The van der Waals surface area contributed by atoms with Crippen molar-refractivity contribution < 1.29 is 24.2 Å². The molecule has 6 nitrogen and oxygen atoms in total. The van der Waals surface area contributed by atoms with Crippen LogP contribution in [0.15, 0.2) is 24.4 Å². The number of nitrogens with zero attached hydrogens (tertiary/aromatic N) is 1. The Bertz CT molecular complexity index is 724. The van der Waals surface area contributed by atoms with Crippen molar-refractivity contribution in [1.29, 1.82) is 0 Å². The first-order chi connectivity index (χ1) is 10.3. The van der Waals surface area contributed by atoms with Crippen LogP contribution in [0.1, 0.15) is 36.7 Å². The van der Waals surface area contributed by atoms with Crippen molar-refractivity contribution in [2.75, 3.05) is 7.11 Å². The van der Waals surface area contributed by atoms with Gasteiger partial charge in [0.05, 0.1) is 24.8 Å². The number of aromatic nitrogens is 1. The summed E-state index contributed by atoms with van der Waals surface area (Å²) in [6, 6.07) is 4.81. The van der Waals surface area contributed by atoms with E-state index in [1.54, 1.807) is 39.0 Å². The van der Waals surface area contributed by atoms with Gasteiger partial charge in [0, 0.05) is 17.1 Å². The highest BCUT2D eigenvalue weighted by molar-refractivity contribution is 5.98. The molecule has 0 bridgehead atoms. The van der Waals surface area contributed by atoms with Gasteiger partial charge in [0.25, 0.3) is 0 Å². The second-order valence-corrected chi connectivity index (χ2v) is 5.89. The van der Waals surface area contributed by atoms with Gasteiger partial charge < -0.3 is 14.6 Å². The molecule has 118 valence electrons. The maximum absolute atomic E-state index is 12.3. The molecular weight excluding hydrogens is 286 g/mol. The summed E-state index contributed by atoms with van der Waals surface area (Å²) in [5.74, 6) is -0.496. The first kappa shape index (κ1) is 16.0. The van der Waals surface area contributed by atoms with Crippen LogP contribution in [0.3, 0.4) is 0 Å². The van der Waals surface area contributed by atoms with Crippen LogP contribution >= 0.6 is 0 Å². The fourth-order valence-electron chi connectivity index (χ4n) is 2.13. The molecule has 0 atom stereocenters. The highest BCUT2D eigenvalue weighted by atomic mass is 16.6. The molecule has 2 aromatic rings. The quantitative estimate of drug-likeness (QED) is 0.863. The summed E-state index contributed by atoms with van der Waals surface area (Å²) in [4.78, 5) is 23.9. The number of ether oxygens (including phenoxy) is 2. The largest absolute Gasteiger partial charge is 0.465 e. The van der Waals surface area contributed by atoms with E-state index in [2.05, 4.69) is 4.74 Å². The fraction of sp³-hybridized carbons (Fsp3) is 0.375. The number of methoxy groups -OCH3 is 1. The number of aliphatic hydroxyl groups is 1. The lowest BCUT2D eigenvalue weighted by molar-refractivity contribution is 0.0541. The Balaban J connectivity index is 2.57. The molecule has 1 aromatic carbocycles. The molecule has 2 rings (SSSR count). The summed E-state index contributed by atoms with van der Waals surface area (Å²) < 4.78 is 11.3. The molecular formula is C16H19NO5. The van der Waals surface area contributed by atoms with Crippen molar-refractivity contribution in [1.82, 2.24) is 4.57 Å². The zero-order valence-electron chi connectivity index (χ0n) is 13.0. The van der Waals surface area contributed by atoms with Crippen LogP contribution in [0.4, 0.5) is 4.79 Å². The standard InChI is InChI=1S/C16H19NO5/c1-16(2,3)22-15(20)17-8-11(9-18)12-6-5-10(7-13(12)17)14(19)21-4/h5-8,18H,9H2,1-4H3. The Morgan fingerprint density at radius 1 is 1.27 bits per heavy atom. The molecule has 6 heteroatoms. The highest BCUT2D eigenvalue weighted by Crippen LogP contribution is 2.24.